The van der Waals surface area contributed by atoms with Crippen LogP contribution < -0.4 is 5.32 Å². The third-order valence-corrected chi connectivity index (χ3v) is 4.82. The molecule has 2 N–H and O–H groups in total. The van der Waals surface area contributed by atoms with E-state index in [-0.39, 0.29) is 24.6 Å². The highest BCUT2D eigenvalue weighted by Crippen LogP contribution is 2.12. The number of sulfonamides is 1. The molecule has 1 amide bonds. The van der Waals surface area contributed by atoms with Crippen molar-refractivity contribution in [2.24, 2.45) is 0 Å². The number of rotatable bonds is 8. The van der Waals surface area contributed by atoms with Crippen LogP contribution in [0.25, 0.3) is 0 Å². The lowest BCUT2D eigenvalue weighted by Gasteiger charge is -2.13. The standard InChI is InChI=1S/C11H20N2O5S/c14-10(9-13-7-4-8-19(13,17)18)12-6-3-1-2-5-11(15)16/h1-9H2,(H,12,14)(H,15,16). The second kappa shape index (κ2) is 7.44. The average Bonchev–Trinajstić information content (AvgIpc) is 2.63. The van der Waals surface area contributed by atoms with Gasteiger partial charge in [-0.15, -0.1) is 0 Å². The van der Waals surface area contributed by atoms with Gasteiger partial charge in [-0.05, 0) is 19.3 Å². The highest BCUT2D eigenvalue weighted by atomic mass is 32.2. The molecule has 0 aromatic heterocycles. The van der Waals surface area contributed by atoms with Gasteiger partial charge in [0, 0.05) is 19.5 Å². The van der Waals surface area contributed by atoms with Crippen LogP contribution in [0.15, 0.2) is 0 Å². The highest BCUT2D eigenvalue weighted by Gasteiger charge is 2.29. The van der Waals surface area contributed by atoms with Gasteiger partial charge in [0.15, 0.2) is 0 Å². The lowest BCUT2D eigenvalue weighted by Crippen LogP contribution is -2.38. The summed E-state index contributed by atoms with van der Waals surface area (Å²) in [5, 5.41) is 11.1. The van der Waals surface area contributed by atoms with E-state index in [1.807, 2.05) is 0 Å². The second-order valence-corrected chi connectivity index (χ2v) is 6.65. The van der Waals surface area contributed by atoms with Gasteiger partial charge in [0.05, 0.1) is 12.3 Å². The lowest BCUT2D eigenvalue weighted by molar-refractivity contribution is -0.137. The molecule has 1 fully saturated rings. The fourth-order valence-corrected chi connectivity index (χ4v) is 3.36. The minimum atomic E-state index is -3.22. The van der Waals surface area contributed by atoms with Crippen LogP contribution in [0.3, 0.4) is 0 Å². The number of aliphatic carboxylic acids is 1. The molecule has 0 aromatic rings. The smallest absolute Gasteiger partial charge is 0.303 e. The van der Waals surface area contributed by atoms with Gasteiger partial charge in [-0.1, -0.05) is 6.42 Å². The summed E-state index contributed by atoms with van der Waals surface area (Å²) < 4.78 is 24.1. The zero-order valence-corrected chi connectivity index (χ0v) is 11.6. The van der Waals surface area contributed by atoms with E-state index in [2.05, 4.69) is 5.32 Å². The molecule has 1 aliphatic heterocycles. The summed E-state index contributed by atoms with van der Waals surface area (Å²) in [4.78, 5) is 21.8. The van der Waals surface area contributed by atoms with E-state index < -0.39 is 16.0 Å². The van der Waals surface area contributed by atoms with E-state index in [4.69, 9.17) is 5.11 Å². The van der Waals surface area contributed by atoms with Gasteiger partial charge in [-0.25, -0.2) is 8.42 Å². The van der Waals surface area contributed by atoms with Crippen molar-refractivity contribution in [3.05, 3.63) is 0 Å². The summed E-state index contributed by atoms with van der Waals surface area (Å²) in [7, 11) is -3.22. The number of hydrogen-bond acceptors (Lipinski definition) is 4. The maximum Gasteiger partial charge on any atom is 0.303 e. The zero-order chi connectivity index (χ0) is 14.3. The van der Waals surface area contributed by atoms with E-state index >= 15 is 0 Å². The molecule has 1 saturated heterocycles. The van der Waals surface area contributed by atoms with Crippen molar-refractivity contribution >= 4 is 21.9 Å². The van der Waals surface area contributed by atoms with Gasteiger partial charge in [-0.3, -0.25) is 9.59 Å². The molecule has 1 rings (SSSR count). The molecule has 0 spiro atoms. The molecule has 0 aliphatic carbocycles. The molecule has 0 unspecified atom stereocenters. The predicted octanol–water partition coefficient (Wildman–Crippen LogP) is -0.217. The zero-order valence-electron chi connectivity index (χ0n) is 10.8. The maximum atomic E-state index is 11.5. The number of unbranched alkanes of at least 4 members (excludes halogenated alkanes) is 2. The molecule has 19 heavy (non-hydrogen) atoms. The molecule has 0 saturated carbocycles. The number of amides is 1. The van der Waals surface area contributed by atoms with Crippen molar-refractivity contribution in [2.75, 3.05) is 25.4 Å². The van der Waals surface area contributed by atoms with E-state index in [0.717, 1.165) is 6.42 Å². The van der Waals surface area contributed by atoms with E-state index in [1.54, 1.807) is 0 Å². The summed E-state index contributed by atoms with van der Waals surface area (Å²) in [6.07, 6.45) is 2.73. The summed E-state index contributed by atoms with van der Waals surface area (Å²) in [5.41, 5.74) is 0. The van der Waals surface area contributed by atoms with Crippen molar-refractivity contribution in [3.8, 4) is 0 Å². The quantitative estimate of drug-likeness (QED) is 0.602. The first-order valence-electron chi connectivity index (χ1n) is 6.38. The van der Waals surface area contributed by atoms with Gasteiger partial charge >= 0.3 is 5.97 Å². The van der Waals surface area contributed by atoms with Crippen molar-refractivity contribution in [2.45, 2.75) is 32.1 Å². The molecular weight excluding hydrogens is 272 g/mol. The number of nitrogens with zero attached hydrogens (tertiary/aromatic N) is 1. The Morgan fingerprint density at radius 3 is 2.53 bits per heavy atom. The second-order valence-electron chi connectivity index (χ2n) is 4.56. The van der Waals surface area contributed by atoms with Crippen LogP contribution in [0.2, 0.25) is 0 Å². The van der Waals surface area contributed by atoms with Crippen LogP contribution in [-0.2, 0) is 19.6 Å². The monoisotopic (exact) mass is 292 g/mol. The Hall–Kier alpha value is -1.15. The Labute approximate surface area is 113 Å². The fourth-order valence-electron chi connectivity index (χ4n) is 1.89. The third-order valence-electron chi connectivity index (χ3n) is 2.91. The van der Waals surface area contributed by atoms with Gasteiger partial charge in [0.2, 0.25) is 15.9 Å². The molecule has 0 aromatic carbocycles. The number of carboxylic acid groups (broad SMARTS) is 1. The number of carboxylic acids is 1. The highest BCUT2D eigenvalue weighted by molar-refractivity contribution is 7.89. The van der Waals surface area contributed by atoms with Crippen LogP contribution in [0.4, 0.5) is 0 Å². The van der Waals surface area contributed by atoms with Crippen LogP contribution in [0.1, 0.15) is 32.1 Å². The summed E-state index contributed by atoms with van der Waals surface area (Å²) in [6, 6.07) is 0. The Bertz CT molecular complexity index is 421. The Balaban J connectivity index is 2.10. The molecule has 0 radical (unpaired) electrons. The Morgan fingerprint density at radius 2 is 1.95 bits per heavy atom. The summed E-state index contributed by atoms with van der Waals surface area (Å²) in [6.45, 7) is 0.748. The molecule has 110 valence electrons. The maximum absolute atomic E-state index is 11.5. The fraction of sp³-hybridized carbons (Fsp3) is 0.818. The molecule has 0 atom stereocenters. The average molecular weight is 292 g/mol. The lowest BCUT2D eigenvalue weighted by atomic mass is 10.2. The minimum Gasteiger partial charge on any atom is -0.481 e. The minimum absolute atomic E-state index is 0.114. The first-order valence-corrected chi connectivity index (χ1v) is 7.99. The Morgan fingerprint density at radius 1 is 1.21 bits per heavy atom. The molecule has 1 heterocycles. The van der Waals surface area contributed by atoms with Crippen LogP contribution in [-0.4, -0.2) is 55.1 Å². The van der Waals surface area contributed by atoms with Crippen molar-refractivity contribution in [1.29, 1.82) is 0 Å². The van der Waals surface area contributed by atoms with E-state index in [0.29, 0.717) is 32.4 Å². The van der Waals surface area contributed by atoms with Crippen molar-refractivity contribution in [3.63, 3.8) is 0 Å². The van der Waals surface area contributed by atoms with E-state index in [9.17, 15) is 18.0 Å². The molecule has 1 aliphatic rings. The number of carbonyl (C=O) groups is 2. The normalized spacial score (nSPS) is 18.3. The van der Waals surface area contributed by atoms with E-state index in [1.165, 1.54) is 4.31 Å². The SMILES string of the molecule is O=C(O)CCCCCNC(=O)CN1CCCS1(=O)=O. The predicted molar refractivity (Wildman–Crippen MR) is 69.1 cm³/mol. The summed E-state index contributed by atoms with van der Waals surface area (Å²) >= 11 is 0. The number of hydrogen-bond donors (Lipinski definition) is 2. The van der Waals surface area contributed by atoms with Gasteiger partial charge < -0.3 is 10.4 Å². The van der Waals surface area contributed by atoms with Crippen molar-refractivity contribution in [1.82, 2.24) is 9.62 Å². The first-order chi connectivity index (χ1) is 8.92. The molecular formula is C11H20N2O5S. The molecule has 7 nitrogen and oxygen atoms in total. The van der Waals surface area contributed by atoms with Crippen LogP contribution >= 0.6 is 0 Å². The Kier molecular flexibility index (Phi) is 6.23. The topological polar surface area (TPSA) is 104 Å². The van der Waals surface area contributed by atoms with Crippen LogP contribution in [0, 0.1) is 0 Å². The molecule has 0 bridgehead atoms. The van der Waals surface area contributed by atoms with Gasteiger partial charge in [0.25, 0.3) is 0 Å². The number of carbonyl (C=O) groups excluding carboxylic acids is 1. The van der Waals surface area contributed by atoms with Gasteiger partial charge in [0.1, 0.15) is 0 Å². The summed E-state index contributed by atoms with van der Waals surface area (Å²) in [5.74, 6) is -0.998. The molecule has 8 heteroatoms. The first kappa shape index (κ1) is 15.9. The van der Waals surface area contributed by atoms with Crippen molar-refractivity contribution < 1.29 is 23.1 Å². The van der Waals surface area contributed by atoms with Crippen LogP contribution in [0.5, 0.6) is 0 Å². The largest absolute Gasteiger partial charge is 0.481 e. The number of nitrogens with one attached hydrogen (secondary N) is 1. The van der Waals surface area contributed by atoms with Gasteiger partial charge in [-0.2, -0.15) is 4.31 Å². The third kappa shape index (κ3) is 6.02.